The van der Waals surface area contributed by atoms with Crippen LogP contribution in [0.4, 0.5) is 5.82 Å². The van der Waals surface area contributed by atoms with Gasteiger partial charge in [-0.15, -0.1) is 0 Å². The lowest BCUT2D eigenvalue weighted by molar-refractivity contribution is -0.131. The Morgan fingerprint density at radius 3 is 2.83 bits per heavy atom. The van der Waals surface area contributed by atoms with E-state index in [0.717, 1.165) is 73.0 Å². The molecule has 9 nitrogen and oxygen atoms in total. The van der Waals surface area contributed by atoms with E-state index in [9.17, 15) is 4.79 Å². The van der Waals surface area contributed by atoms with E-state index < -0.39 is 0 Å². The van der Waals surface area contributed by atoms with E-state index in [1.165, 1.54) is 0 Å². The van der Waals surface area contributed by atoms with Crippen LogP contribution in [-0.2, 0) is 18.4 Å². The summed E-state index contributed by atoms with van der Waals surface area (Å²) in [5.41, 5.74) is 3.62. The predicted octanol–water partition coefficient (Wildman–Crippen LogP) is 1.98. The molecule has 2 aliphatic rings. The molecule has 29 heavy (non-hydrogen) atoms. The summed E-state index contributed by atoms with van der Waals surface area (Å²) in [4.78, 5) is 28.1. The molecular weight excluding hydrogens is 368 g/mol. The molecule has 9 heteroatoms. The number of hydrogen-bond acceptors (Lipinski definition) is 6. The van der Waals surface area contributed by atoms with Gasteiger partial charge >= 0.3 is 0 Å². The Balaban J connectivity index is 1.43. The first kappa shape index (κ1) is 18.1. The average Bonchev–Trinajstić information content (AvgIpc) is 3.23. The van der Waals surface area contributed by atoms with Crippen molar-refractivity contribution >= 4 is 22.9 Å². The standard InChI is InChI=1S/C20H26N8O/c1-4-28-12(2)15(9-23-28)18-25-16-17(21-11-22-19(16)26(18)3)24-14-7-8-27(10-14)20(29)13-5-6-13/h9,11,13-14H,4-8,10H2,1-3H3,(H,21,22,24)/t14-/m0/s1. The Kier molecular flexibility index (Phi) is 4.25. The van der Waals surface area contributed by atoms with Gasteiger partial charge in [-0.3, -0.25) is 9.48 Å². The number of anilines is 1. The minimum atomic E-state index is 0.186. The Bertz CT molecular complexity index is 1080. The number of fused-ring (bicyclic) bond motifs is 1. The number of carbonyl (C=O) groups is 1. The second kappa shape index (κ2) is 6.82. The summed E-state index contributed by atoms with van der Waals surface area (Å²) in [6, 6.07) is 0.186. The Morgan fingerprint density at radius 1 is 1.28 bits per heavy atom. The van der Waals surface area contributed by atoms with E-state index in [2.05, 4.69) is 34.2 Å². The molecule has 0 bridgehead atoms. The molecule has 1 saturated heterocycles. The third-order valence-corrected chi connectivity index (χ3v) is 6.07. The van der Waals surface area contributed by atoms with E-state index >= 15 is 0 Å². The number of hydrogen-bond donors (Lipinski definition) is 1. The molecule has 3 aromatic heterocycles. The van der Waals surface area contributed by atoms with Gasteiger partial charge in [0.25, 0.3) is 0 Å². The van der Waals surface area contributed by atoms with E-state index in [-0.39, 0.29) is 12.0 Å². The second-order valence-electron chi connectivity index (χ2n) is 8.04. The summed E-state index contributed by atoms with van der Waals surface area (Å²) < 4.78 is 3.95. The summed E-state index contributed by atoms with van der Waals surface area (Å²) >= 11 is 0. The van der Waals surface area contributed by atoms with Crippen LogP contribution >= 0.6 is 0 Å². The van der Waals surface area contributed by atoms with E-state index in [4.69, 9.17) is 4.98 Å². The highest BCUT2D eigenvalue weighted by Crippen LogP contribution is 2.33. The molecule has 5 rings (SSSR count). The molecule has 0 aromatic carbocycles. The van der Waals surface area contributed by atoms with Crippen molar-refractivity contribution < 1.29 is 4.79 Å². The van der Waals surface area contributed by atoms with Crippen molar-refractivity contribution in [1.82, 2.24) is 34.2 Å². The molecule has 152 valence electrons. The second-order valence-corrected chi connectivity index (χ2v) is 8.04. The zero-order valence-corrected chi connectivity index (χ0v) is 17.1. The summed E-state index contributed by atoms with van der Waals surface area (Å²) in [5, 5.41) is 7.96. The molecule has 1 aliphatic heterocycles. The first-order valence-electron chi connectivity index (χ1n) is 10.3. The van der Waals surface area contributed by atoms with Crippen molar-refractivity contribution in [3.05, 3.63) is 18.2 Å². The quantitative estimate of drug-likeness (QED) is 0.711. The molecule has 1 atom stereocenters. The van der Waals surface area contributed by atoms with Crippen LogP contribution in [0, 0.1) is 12.8 Å². The number of nitrogens with one attached hydrogen (secondary N) is 1. The van der Waals surface area contributed by atoms with Crippen LogP contribution in [0.2, 0.25) is 0 Å². The third kappa shape index (κ3) is 3.04. The highest BCUT2D eigenvalue weighted by Gasteiger charge is 2.36. The highest BCUT2D eigenvalue weighted by molar-refractivity contribution is 5.87. The minimum absolute atomic E-state index is 0.186. The molecule has 0 unspecified atom stereocenters. The van der Waals surface area contributed by atoms with Crippen LogP contribution in [0.1, 0.15) is 31.9 Å². The van der Waals surface area contributed by atoms with Gasteiger partial charge in [0.15, 0.2) is 17.0 Å². The van der Waals surface area contributed by atoms with Crippen molar-refractivity contribution in [1.29, 1.82) is 0 Å². The monoisotopic (exact) mass is 394 g/mol. The Labute approximate surface area is 169 Å². The number of amides is 1. The fourth-order valence-corrected chi connectivity index (χ4v) is 4.19. The maximum atomic E-state index is 12.3. The zero-order chi connectivity index (χ0) is 20.1. The lowest BCUT2D eigenvalue weighted by atomic mass is 10.2. The first-order chi connectivity index (χ1) is 14.1. The lowest BCUT2D eigenvalue weighted by Gasteiger charge is -2.17. The van der Waals surface area contributed by atoms with Crippen molar-refractivity contribution in [2.24, 2.45) is 13.0 Å². The molecule has 3 aromatic rings. The van der Waals surface area contributed by atoms with Crippen LogP contribution in [0.15, 0.2) is 12.5 Å². The molecule has 0 spiro atoms. The fourth-order valence-electron chi connectivity index (χ4n) is 4.19. The average molecular weight is 394 g/mol. The van der Waals surface area contributed by atoms with Crippen molar-refractivity contribution in [3.8, 4) is 11.4 Å². The lowest BCUT2D eigenvalue weighted by Crippen LogP contribution is -2.32. The van der Waals surface area contributed by atoms with E-state index in [0.29, 0.717) is 5.91 Å². The van der Waals surface area contributed by atoms with Crippen LogP contribution in [0.25, 0.3) is 22.6 Å². The van der Waals surface area contributed by atoms with Crippen molar-refractivity contribution in [2.75, 3.05) is 18.4 Å². The van der Waals surface area contributed by atoms with Gasteiger partial charge in [-0.1, -0.05) is 0 Å². The van der Waals surface area contributed by atoms with E-state index in [1.54, 1.807) is 6.33 Å². The minimum Gasteiger partial charge on any atom is -0.364 e. The molecular formula is C20H26N8O. The Morgan fingerprint density at radius 2 is 2.10 bits per heavy atom. The van der Waals surface area contributed by atoms with Gasteiger partial charge in [0.2, 0.25) is 5.91 Å². The van der Waals surface area contributed by atoms with Gasteiger partial charge in [-0.25, -0.2) is 15.0 Å². The molecule has 1 amide bonds. The van der Waals surface area contributed by atoms with Crippen LogP contribution in [0.5, 0.6) is 0 Å². The number of aromatic nitrogens is 6. The zero-order valence-electron chi connectivity index (χ0n) is 17.1. The van der Waals surface area contributed by atoms with Gasteiger partial charge < -0.3 is 14.8 Å². The SMILES string of the molecule is CCn1ncc(-c2nc3c(N[C@H]4CCN(C(=O)C5CC5)C4)ncnc3n2C)c1C. The van der Waals surface area contributed by atoms with Crippen LogP contribution in [0.3, 0.4) is 0 Å². The maximum Gasteiger partial charge on any atom is 0.225 e. The van der Waals surface area contributed by atoms with Gasteiger partial charge in [-0.05, 0) is 33.1 Å². The smallest absolute Gasteiger partial charge is 0.225 e. The predicted molar refractivity (Wildman–Crippen MR) is 109 cm³/mol. The summed E-state index contributed by atoms with van der Waals surface area (Å²) in [6.07, 6.45) is 6.45. The van der Waals surface area contributed by atoms with Crippen LogP contribution < -0.4 is 5.32 Å². The molecule has 4 heterocycles. The number of rotatable bonds is 5. The molecule has 0 radical (unpaired) electrons. The maximum absolute atomic E-state index is 12.3. The van der Waals surface area contributed by atoms with Gasteiger partial charge in [0, 0.05) is 44.3 Å². The largest absolute Gasteiger partial charge is 0.364 e. The Hall–Kier alpha value is -2.97. The van der Waals surface area contributed by atoms with E-state index in [1.807, 2.05) is 27.4 Å². The van der Waals surface area contributed by atoms with Gasteiger partial charge in [0.1, 0.15) is 12.2 Å². The van der Waals surface area contributed by atoms with Crippen LogP contribution in [-0.4, -0.2) is 59.2 Å². The molecule has 1 N–H and O–H groups in total. The number of likely N-dealkylation sites (tertiary alicyclic amines) is 1. The number of carbonyl (C=O) groups excluding carboxylic acids is 1. The van der Waals surface area contributed by atoms with Gasteiger partial charge in [-0.2, -0.15) is 5.10 Å². The topological polar surface area (TPSA) is 93.8 Å². The summed E-state index contributed by atoms with van der Waals surface area (Å²) in [5.74, 6) is 2.14. The number of aryl methyl sites for hydroxylation is 2. The summed E-state index contributed by atoms with van der Waals surface area (Å²) in [7, 11) is 1.97. The summed E-state index contributed by atoms with van der Waals surface area (Å²) in [6.45, 7) is 6.48. The molecule has 1 saturated carbocycles. The normalized spacial score (nSPS) is 19.3. The third-order valence-electron chi connectivity index (χ3n) is 6.07. The van der Waals surface area contributed by atoms with Crippen molar-refractivity contribution in [2.45, 2.75) is 45.7 Å². The van der Waals surface area contributed by atoms with Gasteiger partial charge in [0.05, 0.1) is 11.8 Å². The number of imidazole rings is 1. The fraction of sp³-hybridized carbons (Fsp3) is 0.550. The first-order valence-corrected chi connectivity index (χ1v) is 10.3. The molecule has 1 aliphatic carbocycles. The highest BCUT2D eigenvalue weighted by atomic mass is 16.2. The number of nitrogens with zero attached hydrogens (tertiary/aromatic N) is 7. The molecule has 2 fully saturated rings. The van der Waals surface area contributed by atoms with Crippen molar-refractivity contribution in [3.63, 3.8) is 0 Å².